The fourth-order valence-corrected chi connectivity index (χ4v) is 3.26. The third-order valence-electron chi connectivity index (χ3n) is 4.61. The average molecular weight is 314 g/mol. The lowest BCUT2D eigenvalue weighted by Gasteiger charge is -2.22. The first-order valence-electron chi connectivity index (χ1n) is 8.61. The average Bonchev–Trinajstić information content (AvgIpc) is 2.97. The molecule has 5 heteroatoms. The second-order valence-electron chi connectivity index (χ2n) is 6.74. The summed E-state index contributed by atoms with van der Waals surface area (Å²) in [4.78, 5) is 12.2. The molecule has 3 rings (SSSR count). The molecule has 0 saturated carbocycles. The van der Waals surface area contributed by atoms with E-state index in [1.165, 1.54) is 12.8 Å². The number of fused-ring (bicyclic) bond motifs is 1. The lowest BCUT2D eigenvalue weighted by molar-refractivity contribution is -0.116. The molecule has 5 nitrogen and oxygen atoms in total. The molecule has 1 amide bonds. The highest BCUT2D eigenvalue weighted by Crippen LogP contribution is 2.22. The number of nitrogens with one attached hydrogen (secondary N) is 2. The topological polar surface area (TPSA) is 59.0 Å². The smallest absolute Gasteiger partial charge is 0.224 e. The summed E-state index contributed by atoms with van der Waals surface area (Å²) in [5.74, 6) is 0.797. The molecule has 1 saturated heterocycles. The van der Waals surface area contributed by atoms with E-state index in [1.807, 2.05) is 29.1 Å². The van der Waals surface area contributed by atoms with Gasteiger partial charge in [0.1, 0.15) is 0 Å². The molecule has 1 aromatic heterocycles. The summed E-state index contributed by atoms with van der Waals surface area (Å²) < 4.78 is 1.99. The van der Waals surface area contributed by atoms with Crippen molar-refractivity contribution in [2.45, 2.75) is 45.6 Å². The van der Waals surface area contributed by atoms with Crippen molar-refractivity contribution in [3.8, 4) is 0 Å². The van der Waals surface area contributed by atoms with Gasteiger partial charge in [0.2, 0.25) is 5.91 Å². The normalized spacial score (nSPS) is 16.1. The zero-order valence-electron chi connectivity index (χ0n) is 14.0. The Kier molecular flexibility index (Phi) is 4.96. The molecule has 2 heterocycles. The molecule has 23 heavy (non-hydrogen) atoms. The van der Waals surface area contributed by atoms with Gasteiger partial charge in [0.05, 0.1) is 11.7 Å². The van der Waals surface area contributed by atoms with Crippen molar-refractivity contribution in [2.75, 3.05) is 18.4 Å². The number of carbonyl (C=O) groups excluding carboxylic acids is 1. The third kappa shape index (κ3) is 3.91. The Morgan fingerprint density at radius 2 is 2.17 bits per heavy atom. The fourth-order valence-electron chi connectivity index (χ4n) is 3.26. The van der Waals surface area contributed by atoms with Gasteiger partial charge in [-0.1, -0.05) is 0 Å². The molecule has 2 N–H and O–H groups in total. The Labute approximate surface area is 137 Å². The maximum Gasteiger partial charge on any atom is 0.224 e. The van der Waals surface area contributed by atoms with Crippen LogP contribution in [0.15, 0.2) is 24.4 Å². The van der Waals surface area contributed by atoms with Crippen LogP contribution in [0.4, 0.5) is 5.69 Å². The Balaban J connectivity index is 1.61. The van der Waals surface area contributed by atoms with E-state index in [9.17, 15) is 4.79 Å². The van der Waals surface area contributed by atoms with Gasteiger partial charge in [-0.05, 0) is 70.3 Å². The first-order chi connectivity index (χ1) is 11.1. The van der Waals surface area contributed by atoms with Gasteiger partial charge in [0.25, 0.3) is 0 Å². The minimum Gasteiger partial charge on any atom is -0.326 e. The van der Waals surface area contributed by atoms with Gasteiger partial charge in [0, 0.05) is 23.5 Å². The molecule has 0 spiro atoms. The number of anilines is 1. The van der Waals surface area contributed by atoms with E-state index in [1.54, 1.807) is 0 Å². The minimum atomic E-state index is 0.110. The molecule has 0 aliphatic carbocycles. The first kappa shape index (κ1) is 16.0. The van der Waals surface area contributed by atoms with E-state index in [2.05, 4.69) is 29.6 Å². The molecular formula is C18H26N4O. The van der Waals surface area contributed by atoms with Crippen molar-refractivity contribution in [1.29, 1.82) is 0 Å². The van der Waals surface area contributed by atoms with Gasteiger partial charge in [0.15, 0.2) is 0 Å². The molecule has 0 bridgehead atoms. The van der Waals surface area contributed by atoms with E-state index in [0.717, 1.165) is 36.1 Å². The summed E-state index contributed by atoms with van der Waals surface area (Å²) in [6, 6.07) is 6.30. The van der Waals surface area contributed by atoms with Crippen LogP contribution in [-0.2, 0) is 4.79 Å². The molecule has 1 aliphatic rings. The van der Waals surface area contributed by atoms with E-state index in [4.69, 9.17) is 0 Å². The number of benzene rings is 1. The van der Waals surface area contributed by atoms with Crippen LogP contribution in [0, 0.1) is 5.92 Å². The monoisotopic (exact) mass is 314 g/mol. The van der Waals surface area contributed by atoms with Crippen LogP contribution < -0.4 is 10.6 Å². The summed E-state index contributed by atoms with van der Waals surface area (Å²) in [5, 5.41) is 11.9. The summed E-state index contributed by atoms with van der Waals surface area (Å²) in [7, 11) is 0. The quantitative estimate of drug-likeness (QED) is 0.890. The summed E-state index contributed by atoms with van der Waals surface area (Å²) in [6.45, 7) is 6.39. The van der Waals surface area contributed by atoms with Crippen LogP contribution in [-0.4, -0.2) is 28.8 Å². The van der Waals surface area contributed by atoms with Gasteiger partial charge in [-0.2, -0.15) is 5.10 Å². The molecule has 124 valence electrons. The van der Waals surface area contributed by atoms with Crippen LogP contribution in [0.5, 0.6) is 0 Å². The molecule has 0 radical (unpaired) electrons. The van der Waals surface area contributed by atoms with E-state index in [0.29, 0.717) is 18.4 Å². The van der Waals surface area contributed by atoms with Crippen molar-refractivity contribution in [2.24, 2.45) is 5.92 Å². The highest BCUT2D eigenvalue weighted by molar-refractivity contribution is 5.93. The van der Waals surface area contributed by atoms with E-state index in [-0.39, 0.29) is 5.91 Å². The summed E-state index contributed by atoms with van der Waals surface area (Å²) >= 11 is 0. The number of amides is 1. The predicted octanol–water partition coefficient (Wildman–Crippen LogP) is 3.34. The van der Waals surface area contributed by atoms with Crippen molar-refractivity contribution < 1.29 is 4.79 Å². The largest absolute Gasteiger partial charge is 0.326 e. The number of rotatable bonds is 5. The van der Waals surface area contributed by atoms with Gasteiger partial charge in [-0.25, -0.2) is 0 Å². The Morgan fingerprint density at radius 3 is 2.91 bits per heavy atom. The maximum absolute atomic E-state index is 12.2. The van der Waals surface area contributed by atoms with Crippen LogP contribution in [0.25, 0.3) is 10.9 Å². The number of hydrogen-bond acceptors (Lipinski definition) is 3. The second kappa shape index (κ2) is 7.13. The first-order valence-corrected chi connectivity index (χ1v) is 8.61. The lowest BCUT2D eigenvalue weighted by Crippen LogP contribution is -2.28. The Bertz CT molecular complexity index is 671. The predicted molar refractivity (Wildman–Crippen MR) is 93.6 cm³/mol. The second-order valence-corrected chi connectivity index (χ2v) is 6.74. The molecule has 1 aromatic carbocycles. The molecule has 1 fully saturated rings. The fraction of sp³-hybridized carbons (Fsp3) is 0.556. The molecule has 2 aromatic rings. The Hall–Kier alpha value is -1.88. The van der Waals surface area contributed by atoms with Crippen LogP contribution in [0.2, 0.25) is 0 Å². The minimum absolute atomic E-state index is 0.110. The van der Waals surface area contributed by atoms with E-state index >= 15 is 0 Å². The van der Waals surface area contributed by atoms with Crippen LogP contribution in [0.3, 0.4) is 0 Å². The number of aromatic nitrogens is 2. The van der Waals surface area contributed by atoms with Gasteiger partial charge in [-0.15, -0.1) is 0 Å². The number of nitrogens with zero attached hydrogens (tertiary/aromatic N) is 2. The van der Waals surface area contributed by atoms with Crippen molar-refractivity contribution in [1.82, 2.24) is 15.1 Å². The molecular weight excluding hydrogens is 288 g/mol. The van der Waals surface area contributed by atoms with E-state index < -0.39 is 0 Å². The number of piperidine rings is 1. The number of carbonyl (C=O) groups is 1. The van der Waals surface area contributed by atoms with Gasteiger partial charge in [-0.3, -0.25) is 9.48 Å². The molecule has 1 aliphatic heterocycles. The van der Waals surface area contributed by atoms with Gasteiger partial charge >= 0.3 is 0 Å². The maximum atomic E-state index is 12.2. The SMILES string of the molecule is CC(C)n1ncc2ccc(NC(=O)CCC3CCNCC3)cc21. The zero-order chi connectivity index (χ0) is 16.2. The zero-order valence-corrected chi connectivity index (χ0v) is 14.0. The van der Waals surface area contributed by atoms with Gasteiger partial charge < -0.3 is 10.6 Å². The summed E-state index contributed by atoms with van der Waals surface area (Å²) in [6.07, 6.45) is 5.84. The molecule has 0 unspecified atom stereocenters. The third-order valence-corrected chi connectivity index (χ3v) is 4.61. The highest BCUT2D eigenvalue weighted by Gasteiger charge is 2.15. The van der Waals surface area contributed by atoms with Crippen LogP contribution in [0.1, 0.15) is 45.6 Å². The standard InChI is InChI=1S/C18H26N4O/c1-13(2)22-17-11-16(5-4-15(17)12-20-22)21-18(23)6-3-14-7-9-19-10-8-14/h4-5,11-14,19H,3,6-10H2,1-2H3,(H,21,23). The van der Waals surface area contributed by atoms with Crippen LogP contribution >= 0.6 is 0 Å². The van der Waals surface area contributed by atoms with Crippen molar-refractivity contribution in [3.63, 3.8) is 0 Å². The highest BCUT2D eigenvalue weighted by atomic mass is 16.1. The van der Waals surface area contributed by atoms with Crippen molar-refractivity contribution in [3.05, 3.63) is 24.4 Å². The molecule has 0 atom stereocenters. The lowest BCUT2D eigenvalue weighted by atomic mass is 9.93. The Morgan fingerprint density at radius 1 is 1.39 bits per heavy atom. The summed E-state index contributed by atoms with van der Waals surface area (Å²) in [5.41, 5.74) is 1.92. The number of hydrogen-bond donors (Lipinski definition) is 2. The van der Waals surface area contributed by atoms with Crippen molar-refractivity contribution >= 4 is 22.5 Å².